The second kappa shape index (κ2) is 7.32. The first-order valence-electron chi connectivity index (χ1n) is 6.34. The third-order valence-electron chi connectivity index (χ3n) is 2.64. The average Bonchev–Trinajstić information content (AvgIpc) is 3.00. The van der Waals surface area contributed by atoms with Crippen LogP contribution >= 0.6 is 11.3 Å². The number of benzene rings is 1. The van der Waals surface area contributed by atoms with E-state index in [4.69, 9.17) is 4.84 Å². The van der Waals surface area contributed by atoms with E-state index in [0.717, 1.165) is 4.88 Å². The van der Waals surface area contributed by atoms with E-state index in [9.17, 15) is 14.9 Å². The molecule has 1 N–H and O–H groups in total. The molecule has 0 radical (unpaired) electrons. The third-order valence-corrected chi connectivity index (χ3v) is 3.44. The first-order valence-corrected chi connectivity index (χ1v) is 7.22. The Morgan fingerprint density at radius 1 is 1.45 bits per heavy atom. The number of carbonyl (C=O) groups excluding carboxylic acids is 1. The maximum Gasteiger partial charge on any atom is 0.271 e. The monoisotopic (exact) mass is 319 g/mol. The van der Waals surface area contributed by atoms with Crippen LogP contribution in [-0.4, -0.2) is 23.1 Å². The normalized spacial score (nSPS) is 12.0. The molecular formula is C14H13N3O4S. The molecule has 114 valence electrons. The van der Waals surface area contributed by atoms with Crippen LogP contribution in [0.25, 0.3) is 0 Å². The lowest BCUT2D eigenvalue weighted by molar-refractivity contribution is -0.384. The number of hydrogen-bond acceptors (Lipinski definition) is 6. The number of oxime groups is 1. The fraction of sp³-hybridized carbons (Fsp3) is 0.143. The van der Waals surface area contributed by atoms with Gasteiger partial charge in [-0.1, -0.05) is 17.3 Å². The van der Waals surface area contributed by atoms with E-state index < -0.39 is 16.9 Å². The van der Waals surface area contributed by atoms with Crippen molar-refractivity contribution in [3.05, 3.63) is 56.8 Å². The fourth-order valence-electron chi connectivity index (χ4n) is 1.53. The lowest BCUT2D eigenvalue weighted by Gasteiger charge is -2.10. The molecule has 0 spiro atoms. The standard InChI is InChI=1S/C14H13N3O4S/c1-10(21-15-9-13-6-3-7-22-13)14(18)16-11-4-2-5-12(8-11)17(19)20/h2-10H,1H3,(H,16,18)/b15-9+. The molecule has 1 aromatic carbocycles. The molecule has 8 heteroatoms. The Labute approximate surface area is 130 Å². The fourth-order valence-corrected chi connectivity index (χ4v) is 2.10. The Morgan fingerprint density at radius 3 is 2.95 bits per heavy atom. The highest BCUT2D eigenvalue weighted by molar-refractivity contribution is 7.11. The zero-order valence-electron chi connectivity index (χ0n) is 11.6. The van der Waals surface area contributed by atoms with E-state index in [1.54, 1.807) is 13.0 Å². The van der Waals surface area contributed by atoms with Gasteiger partial charge in [-0.05, 0) is 24.4 Å². The van der Waals surface area contributed by atoms with Gasteiger partial charge in [0.2, 0.25) is 6.10 Å². The second-order valence-corrected chi connectivity index (χ2v) is 5.27. The predicted molar refractivity (Wildman–Crippen MR) is 84.2 cm³/mol. The van der Waals surface area contributed by atoms with Gasteiger partial charge in [0, 0.05) is 22.7 Å². The van der Waals surface area contributed by atoms with Crippen LogP contribution in [-0.2, 0) is 9.63 Å². The maximum atomic E-state index is 11.9. The quantitative estimate of drug-likeness (QED) is 0.503. The van der Waals surface area contributed by atoms with Crippen molar-refractivity contribution >= 4 is 34.8 Å². The van der Waals surface area contributed by atoms with Gasteiger partial charge in [-0.25, -0.2) is 0 Å². The molecule has 0 saturated heterocycles. The number of nitrogens with zero attached hydrogens (tertiary/aromatic N) is 2. The highest BCUT2D eigenvalue weighted by atomic mass is 32.1. The van der Waals surface area contributed by atoms with E-state index in [-0.39, 0.29) is 5.69 Å². The SMILES string of the molecule is CC(O/N=C/c1cccs1)C(=O)Nc1cccc([N+](=O)[O-])c1. The minimum Gasteiger partial charge on any atom is -0.383 e. The summed E-state index contributed by atoms with van der Waals surface area (Å²) in [6, 6.07) is 9.43. The van der Waals surface area contributed by atoms with Crippen molar-refractivity contribution in [1.82, 2.24) is 0 Å². The van der Waals surface area contributed by atoms with Crippen LogP contribution in [0.4, 0.5) is 11.4 Å². The van der Waals surface area contributed by atoms with E-state index in [1.165, 1.54) is 35.8 Å². The van der Waals surface area contributed by atoms with Crippen LogP contribution in [0.3, 0.4) is 0 Å². The number of rotatable bonds is 6. The average molecular weight is 319 g/mol. The van der Waals surface area contributed by atoms with Gasteiger partial charge in [0.25, 0.3) is 11.6 Å². The Kier molecular flexibility index (Phi) is 5.21. The summed E-state index contributed by atoms with van der Waals surface area (Å²) in [5.41, 5.74) is 0.235. The number of hydrogen-bond donors (Lipinski definition) is 1. The molecule has 1 heterocycles. The van der Waals surface area contributed by atoms with Crippen molar-refractivity contribution in [3.63, 3.8) is 0 Å². The molecule has 1 amide bonds. The predicted octanol–water partition coefficient (Wildman–Crippen LogP) is 3.03. The molecule has 2 aromatic rings. The molecule has 0 aliphatic heterocycles. The highest BCUT2D eigenvalue weighted by Gasteiger charge is 2.15. The minimum atomic E-state index is -0.824. The van der Waals surface area contributed by atoms with Gasteiger partial charge in [0.1, 0.15) is 0 Å². The van der Waals surface area contributed by atoms with Gasteiger partial charge >= 0.3 is 0 Å². The Morgan fingerprint density at radius 2 is 2.27 bits per heavy atom. The topological polar surface area (TPSA) is 93.8 Å². The first kappa shape index (κ1) is 15.6. The molecule has 0 aliphatic rings. The maximum absolute atomic E-state index is 11.9. The smallest absolute Gasteiger partial charge is 0.271 e. The van der Waals surface area contributed by atoms with Crippen molar-refractivity contribution in [2.24, 2.45) is 5.16 Å². The summed E-state index contributed by atoms with van der Waals surface area (Å²) in [6.45, 7) is 1.54. The van der Waals surface area contributed by atoms with E-state index in [0.29, 0.717) is 5.69 Å². The number of anilines is 1. The summed E-state index contributed by atoms with van der Waals surface area (Å²) in [4.78, 5) is 28.0. The number of nitro groups is 1. The highest BCUT2D eigenvalue weighted by Crippen LogP contribution is 2.17. The van der Waals surface area contributed by atoms with Crippen LogP contribution in [0.1, 0.15) is 11.8 Å². The van der Waals surface area contributed by atoms with Crippen LogP contribution < -0.4 is 5.32 Å². The molecular weight excluding hydrogens is 306 g/mol. The van der Waals surface area contributed by atoms with Gasteiger partial charge in [-0.3, -0.25) is 14.9 Å². The molecule has 0 fully saturated rings. The van der Waals surface area contributed by atoms with Gasteiger partial charge < -0.3 is 10.2 Å². The number of amides is 1. The molecule has 1 atom stereocenters. The molecule has 0 aliphatic carbocycles. The van der Waals surface area contributed by atoms with E-state index >= 15 is 0 Å². The summed E-state index contributed by atoms with van der Waals surface area (Å²) >= 11 is 1.50. The van der Waals surface area contributed by atoms with Crippen molar-refractivity contribution in [2.45, 2.75) is 13.0 Å². The summed E-state index contributed by atoms with van der Waals surface area (Å²) < 4.78 is 0. The zero-order chi connectivity index (χ0) is 15.9. The van der Waals surface area contributed by atoms with Crippen molar-refractivity contribution in [1.29, 1.82) is 0 Å². The van der Waals surface area contributed by atoms with E-state index in [1.807, 2.05) is 17.5 Å². The minimum absolute atomic E-state index is 0.0953. The number of thiophene rings is 1. The van der Waals surface area contributed by atoms with Crippen LogP contribution in [0.15, 0.2) is 46.9 Å². The number of nitrogens with one attached hydrogen (secondary N) is 1. The molecule has 0 bridgehead atoms. The largest absolute Gasteiger partial charge is 0.383 e. The van der Waals surface area contributed by atoms with Gasteiger partial charge in [-0.2, -0.15) is 0 Å². The molecule has 1 aromatic heterocycles. The Hall–Kier alpha value is -2.74. The summed E-state index contributed by atoms with van der Waals surface area (Å²) in [5.74, 6) is -0.441. The van der Waals surface area contributed by atoms with Crippen molar-refractivity contribution in [3.8, 4) is 0 Å². The van der Waals surface area contributed by atoms with Crippen molar-refractivity contribution < 1.29 is 14.6 Å². The lowest BCUT2D eigenvalue weighted by atomic mass is 10.2. The summed E-state index contributed by atoms with van der Waals surface area (Å²) in [5, 5.41) is 18.9. The van der Waals surface area contributed by atoms with Gasteiger partial charge in [-0.15, -0.1) is 11.3 Å². The molecule has 7 nitrogen and oxygen atoms in total. The van der Waals surface area contributed by atoms with E-state index in [2.05, 4.69) is 10.5 Å². The third kappa shape index (κ3) is 4.38. The molecule has 22 heavy (non-hydrogen) atoms. The summed E-state index contributed by atoms with van der Waals surface area (Å²) in [6.07, 6.45) is 0.692. The molecule has 2 rings (SSSR count). The van der Waals surface area contributed by atoms with Crippen molar-refractivity contribution in [2.75, 3.05) is 5.32 Å². The number of non-ortho nitro benzene ring substituents is 1. The lowest BCUT2D eigenvalue weighted by Crippen LogP contribution is -2.26. The number of nitro benzene ring substituents is 1. The number of carbonyl (C=O) groups is 1. The van der Waals surface area contributed by atoms with Gasteiger partial charge in [0.05, 0.1) is 11.1 Å². The first-order chi connectivity index (χ1) is 10.6. The second-order valence-electron chi connectivity index (χ2n) is 4.29. The zero-order valence-corrected chi connectivity index (χ0v) is 12.4. The molecule has 1 unspecified atom stereocenters. The molecule has 0 saturated carbocycles. The Balaban J connectivity index is 1.91. The van der Waals surface area contributed by atoms with Crippen LogP contribution in [0, 0.1) is 10.1 Å². The van der Waals surface area contributed by atoms with Crippen LogP contribution in [0.2, 0.25) is 0 Å². The Bertz CT molecular complexity index is 685. The summed E-state index contributed by atoms with van der Waals surface area (Å²) in [7, 11) is 0. The van der Waals surface area contributed by atoms with Crippen LogP contribution in [0.5, 0.6) is 0 Å². The van der Waals surface area contributed by atoms with Gasteiger partial charge in [0.15, 0.2) is 0 Å².